The summed E-state index contributed by atoms with van der Waals surface area (Å²) in [6.45, 7) is 4.03. The summed E-state index contributed by atoms with van der Waals surface area (Å²) in [5.74, 6) is 0. The number of halogens is 1. The highest BCUT2D eigenvalue weighted by Gasteiger charge is 2.33. The van der Waals surface area contributed by atoms with Crippen LogP contribution in [0.15, 0.2) is 30.3 Å². The first-order chi connectivity index (χ1) is 8.62. The van der Waals surface area contributed by atoms with E-state index in [0.717, 1.165) is 5.56 Å². The lowest BCUT2D eigenvalue weighted by molar-refractivity contribution is -0.0556. The molecule has 7 heteroatoms. The van der Waals surface area contributed by atoms with Crippen molar-refractivity contribution in [2.24, 2.45) is 0 Å². The van der Waals surface area contributed by atoms with E-state index in [1.165, 1.54) is 0 Å². The van der Waals surface area contributed by atoms with Crippen LogP contribution < -0.4 is 0 Å². The van der Waals surface area contributed by atoms with Gasteiger partial charge in [-0.25, -0.2) is 4.57 Å². The first kappa shape index (κ1) is 15.6. The van der Waals surface area contributed by atoms with Gasteiger partial charge in [0.05, 0.1) is 19.8 Å². The number of hydrogen-bond acceptors (Lipinski definition) is 4. The molecule has 0 bridgehead atoms. The first-order valence-electron chi connectivity index (χ1n) is 5.64. The number of hydrogen-bond donors (Lipinski definition) is 0. The third-order valence-corrected chi connectivity index (χ3v) is 4.28. The van der Waals surface area contributed by atoms with E-state index in [9.17, 15) is 4.57 Å². The Balaban J connectivity index is 2.57. The SMILES string of the molecule is CCOP(=O)(OCC)N(Cl)OCc1ccccc1. The molecule has 18 heavy (non-hydrogen) atoms. The van der Waals surface area contributed by atoms with Crippen molar-refractivity contribution in [1.82, 2.24) is 4.35 Å². The van der Waals surface area contributed by atoms with Crippen LogP contribution in [0.2, 0.25) is 0 Å². The molecule has 5 nitrogen and oxygen atoms in total. The molecule has 1 aromatic rings. The Labute approximate surface area is 112 Å². The lowest BCUT2D eigenvalue weighted by atomic mass is 10.2. The second-order valence-electron chi connectivity index (χ2n) is 3.29. The van der Waals surface area contributed by atoms with Gasteiger partial charge in [-0.15, -0.1) is 0 Å². The Morgan fingerprint density at radius 1 is 1.17 bits per heavy atom. The molecule has 0 N–H and O–H groups in total. The summed E-state index contributed by atoms with van der Waals surface area (Å²) in [6, 6.07) is 9.39. The molecular weight excluding hydrogens is 277 g/mol. The zero-order valence-electron chi connectivity index (χ0n) is 10.4. The molecule has 1 aromatic carbocycles. The van der Waals surface area contributed by atoms with E-state index in [-0.39, 0.29) is 19.8 Å². The van der Waals surface area contributed by atoms with Gasteiger partial charge in [-0.1, -0.05) is 30.3 Å². The van der Waals surface area contributed by atoms with E-state index in [4.69, 9.17) is 25.7 Å². The summed E-state index contributed by atoms with van der Waals surface area (Å²) < 4.78 is 22.8. The van der Waals surface area contributed by atoms with Gasteiger partial charge < -0.3 is 0 Å². The van der Waals surface area contributed by atoms with Gasteiger partial charge in [-0.05, 0) is 19.4 Å². The van der Waals surface area contributed by atoms with Crippen molar-refractivity contribution in [1.29, 1.82) is 0 Å². The van der Waals surface area contributed by atoms with Gasteiger partial charge in [0, 0.05) is 16.1 Å². The van der Waals surface area contributed by atoms with E-state index in [1.54, 1.807) is 13.8 Å². The topological polar surface area (TPSA) is 48.0 Å². The Bertz CT molecular complexity index is 380. The molecule has 0 aliphatic rings. The van der Waals surface area contributed by atoms with Crippen LogP contribution >= 0.6 is 19.5 Å². The van der Waals surface area contributed by atoms with E-state index in [2.05, 4.69) is 0 Å². The highest BCUT2D eigenvalue weighted by Crippen LogP contribution is 2.53. The third-order valence-electron chi connectivity index (χ3n) is 1.96. The lowest BCUT2D eigenvalue weighted by Gasteiger charge is -2.22. The zero-order chi connectivity index (χ0) is 13.4. The smallest absolute Gasteiger partial charge is 0.295 e. The fourth-order valence-corrected chi connectivity index (χ4v) is 2.65. The summed E-state index contributed by atoms with van der Waals surface area (Å²) >= 11 is 5.79. The molecule has 0 unspecified atom stereocenters. The Kier molecular flexibility index (Phi) is 6.86. The molecule has 0 fully saturated rings. The molecular formula is C11H17ClNO4P. The van der Waals surface area contributed by atoms with Gasteiger partial charge in [0.25, 0.3) is 0 Å². The highest BCUT2D eigenvalue weighted by atomic mass is 35.5. The van der Waals surface area contributed by atoms with Crippen LogP contribution in [0.4, 0.5) is 0 Å². The molecule has 0 saturated heterocycles. The molecule has 0 aromatic heterocycles. The Morgan fingerprint density at radius 3 is 2.22 bits per heavy atom. The summed E-state index contributed by atoms with van der Waals surface area (Å²) in [6.07, 6.45) is 0. The van der Waals surface area contributed by atoms with Gasteiger partial charge in [-0.2, -0.15) is 0 Å². The van der Waals surface area contributed by atoms with Crippen LogP contribution in [0, 0.1) is 0 Å². The number of nitrogens with zero attached hydrogens (tertiary/aromatic N) is 1. The number of rotatable bonds is 8. The maximum Gasteiger partial charge on any atom is 0.446 e. The van der Waals surface area contributed by atoms with Crippen LogP contribution in [0.3, 0.4) is 0 Å². The molecule has 102 valence electrons. The van der Waals surface area contributed by atoms with Crippen molar-refractivity contribution in [3.8, 4) is 0 Å². The van der Waals surface area contributed by atoms with E-state index in [1.807, 2.05) is 30.3 Å². The second kappa shape index (κ2) is 7.89. The molecule has 0 saturated carbocycles. The summed E-state index contributed by atoms with van der Waals surface area (Å²) in [4.78, 5) is 5.18. The van der Waals surface area contributed by atoms with Crippen molar-refractivity contribution >= 4 is 19.5 Å². The molecule has 0 heterocycles. The number of benzene rings is 1. The fourth-order valence-electron chi connectivity index (χ4n) is 1.23. The molecule has 0 amide bonds. The van der Waals surface area contributed by atoms with Crippen LogP contribution in [0.1, 0.15) is 19.4 Å². The van der Waals surface area contributed by atoms with E-state index >= 15 is 0 Å². The minimum absolute atomic E-state index is 0.189. The van der Waals surface area contributed by atoms with Crippen molar-refractivity contribution in [3.63, 3.8) is 0 Å². The lowest BCUT2D eigenvalue weighted by Crippen LogP contribution is -2.14. The molecule has 0 atom stereocenters. The van der Waals surface area contributed by atoms with E-state index < -0.39 is 7.75 Å². The largest absolute Gasteiger partial charge is 0.446 e. The second-order valence-corrected chi connectivity index (χ2v) is 5.65. The van der Waals surface area contributed by atoms with Crippen LogP contribution in [-0.2, 0) is 25.1 Å². The van der Waals surface area contributed by atoms with Gasteiger partial charge in [0.2, 0.25) is 0 Å². The summed E-state index contributed by atoms with van der Waals surface area (Å²) in [5.41, 5.74) is 0.905. The maximum atomic E-state index is 12.2. The van der Waals surface area contributed by atoms with Gasteiger partial charge in [-0.3, -0.25) is 13.9 Å². The highest BCUT2D eigenvalue weighted by molar-refractivity contribution is 7.52. The average molecular weight is 294 g/mol. The monoisotopic (exact) mass is 293 g/mol. The van der Waals surface area contributed by atoms with Crippen molar-refractivity contribution in [3.05, 3.63) is 35.9 Å². The molecule has 1 rings (SSSR count). The third kappa shape index (κ3) is 4.69. The summed E-state index contributed by atoms with van der Waals surface area (Å²) in [5, 5.41) is 0. The van der Waals surface area contributed by atoms with Gasteiger partial charge in [0.15, 0.2) is 0 Å². The van der Waals surface area contributed by atoms with E-state index in [0.29, 0.717) is 4.35 Å². The predicted molar refractivity (Wildman–Crippen MR) is 69.8 cm³/mol. The normalized spacial score (nSPS) is 12.0. The molecule has 0 aliphatic heterocycles. The molecule has 0 aliphatic carbocycles. The molecule has 0 radical (unpaired) electrons. The maximum absolute atomic E-state index is 12.2. The van der Waals surface area contributed by atoms with Gasteiger partial charge in [0.1, 0.15) is 0 Å². The standard InChI is InChI=1S/C11H17ClNO4P/c1-3-16-18(14,17-4-2)13(12)15-10-11-8-6-5-7-9-11/h5-9H,3-4,10H2,1-2H3. The fraction of sp³-hybridized carbons (Fsp3) is 0.455. The van der Waals surface area contributed by atoms with Gasteiger partial charge >= 0.3 is 7.75 Å². The Hall–Kier alpha value is -0.420. The first-order valence-corrected chi connectivity index (χ1v) is 7.48. The quantitative estimate of drug-likeness (QED) is 0.415. The van der Waals surface area contributed by atoms with Crippen molar-refractivity contribution in [2.75, 3.05) is 13.2 Å². The van der Waals surface area contributed by atoms with Crippen LogP contribution in [0.5, 0.6) is 0 Å². The Morgan fingerprint density at radius 2 is 1.72 bits per heavy atom. The average Bonchev–Trinajstić information content (AvgIpc) is 2.37. The minimum Gasteiger partial charge on any atom is -0.295 e. The van der Waals surface area contributed by atoms with Crippen molar-refractivity contribution < 1.29 is 18.5 Å². The predicted octanol–water partition coefficient (Wildman–Crippen LogP) is 3.76. The molecule has 0 spiro atoms. The van der Waals surface area contributed by atoms with Crippen molar-refractivity contribution in [2.45, 2.75) is 20.5 Å². The summed E-state index contributed by atoms with van der Waals surface area (Å²) in [7, 11) is -3.57. The minimum atomic E-state index is -3.57. The van der Waals surface area contributed by atoms with Crippen LogP contribution in [-0.4, -0.2) is 17.6 Å². The van der Waals surface area contributed by atoms with Crippen LogP contribution in [0.25, 0.3) is 0 Å². The zero-order valence-corrected chi connectivity index (χ0v) is 12.1.